The highest BCUT2D eigenvalue weighted by molar-refractivity contribution is 5.68. The summed E-state index contributed by atoms with van der Waals surface area (Å²) in [6, 6.07) is 5.33. The smallest absolute Gasteiger partial charge is 0.393 e. The zero-order chi connectivity index (χ0) is 15.2. The molecule has 0 saturated heterocycles. The van der Waals surface area contributed by atoms with Gasteiger partial charge >= 0.3 is 6.18 Å². The summed E-state index contributed by atoms with van der Waals surface area (Å²) < 4.78 is 40.4. The van der Waals surface area contributed by atoms with Crippen LogP contribution in [0.2, 0.25) is 0 Å². The Morgan fingerprint density at radius 1 is 1.29 bits per heavy atom. The molecule has 2 aromatic rings. The third kappa shape index (κ3) is 2.36. The van der Waals surface area contributed by atoms with Crippen molar-refractivity contribution in [2.75, 3.05) is 5.73 Å². The lowest BCUT2D eigenvalue weighted by Gasteiger charge is -2.26. The normalized spacial score (nSPS) is 18.6. The van der Waals surface area contributed by atoms with Crippen molar-refractivity contribution in [2.24, 2.45) is 5.92 Å². The highest BCUT2D eigenvalue weighted by Gasteiger charge is 2.42. The van der Waals surface area contributed by atoms with Gasteiger partial charge < -0.3 is 10.3 Å². The highest BCUT2D eigenvalue weighted by Crippen LogP contribution is 2.36. The van der Waals surface area contributed by atoms with Gasteiger partial charge in [0, 0.05) is 24.2 Å². The lowest BCUT2D eigenvalue weighted by molar-refractivity contribution is -0.182. The molecule has 0 bridgehead atoms. The van der Waals surface area contributed by atoms with E-state index in [9.17, 15) is 13.2 Å². The second-order valence-corrected chi connectivity index (χ2v) is 5.35. The first-order chi connectivity index (χ1) is 9.88. The zero-order valence-electron chi connectivity index (χ0n) is 11.5. The third-order valence-corrected chi connectivity index (χ3v) is 4.03. The van der Waals surface area contributed by atoms with Gasteiger partial charge in [0.05, 0.1) is 5.92 Å². The molecule has 0 spiro atoms. The minimum Gasteiger partial charge on any atom is -0.398 e. The minimum absolute atomic E-state index is 0.0670. The number of fused-ring (bicyclic) bond motifs is 1. The quantitative estimate of drug-likeness (QED) is 0.823. The van der Waals surface area contributed by atoms with E-state index in [2.05, 4.69) is 10.2 Å². The second kappa shape index (κ2) is 4.75. The number of anilines is 1. The van der Waals surface area contributed by atoms with Crippen molar-refractivity contribution in [1.82, 2.24) is 14.8 Å². The predicted molar refractivity (Wildman–Crippen MR) is 72.5 cm³/mol. The van der Waals surface area contributed by atoms with E-state index in [0.29, 0.717) is 23.8 Å². The average Bonchev–Trinajstić information content (AvgIpc) is 2.84. The standard InChI is InChI=1S/C14H15F3N4/c1-8-10(3-2-4-11(8)18)13-20-19-12-6-5-9(7-21(12)13)14(15,16)17/h2-4,9H,5-7,18H2,1H3. The van der Waals surface area contributed by atoms with Gasteiger partial charge in [0.25, 0.3) is 0 Å². The summed E-state index contributed by atoms with van der Waals surface area (Å²) in [5.41, 5.74) is 7.99. The van der Waals surface area contributed by atoms with Crippen LogP contribution in [0.15, 0.2) is 18.2 Å². The molecule has 1 aromatic heterocycles. The van der Waals surface area contributed by atoms with Crippen molar-refractivity contribution < 1.29 is 13.2 Å². The topological polar surface area (TPSA) is 56.7 Å². The van der Waals surface area contributed by atoms with Crippen molar-refractivity contribution in [2.45, 2.75) is 32.5 Å². The van der Waals surface area contributed by atoms with Crippen LogP contribution >= 0.6 is 0 Å². The molecule has 0 aliphatic carbocycles. The van der Waals surface area contributed by atoms with E-state index in [1.165, 1.54) is 0 Å². The first kappa shape index (κ1) is 13.9. The Labute approximate surface area is 119 Å². The number of nitrogen functional groups attached to an aromatic ring is 1. The largest absolute Gasteiger partial charge is 0.398 e. The fourth-order valence-electron chi connectivity index (χ4n) is 2.69. The fraction of sp³-hybridized carbons (Fsp3) is 0.429. The van der Waals surface area contributed by atoms with Crippen LogP contribution in [0, 0.1) is 12.8 Å². The van der Waals surface area contributed by atoms with Crippen LogP contribution < -0.4 is 5.73 Å². The van der Waals surface area contributed by atoms with E-state index < -0.39 is 12.1 Å². The molecule has 7 heteroatoms. The Kier molecular flexibility index (Phi) is 3.15. The number of rotatable bonds is 1. The molecule has 0 saturated carbocycles. The van der Waals surface area contributed by atoms with Crippen molar-refractivity contribution >= 4 is 5.69 Å². The summed E-state index contributed by atoms with van der Waals surface area (Å²) in [5, 5.41) is 8.10. The molecule has 112 valence electrons. The molecule has 1 aliphatic rings. The maximum absolute atomic E-state index is 12.9. The van der Waals surface area contributed by atoms with Crippen molar-refractivity contribution in [3.8, 4) is 11.4 Å². The summed E-state index contributed by atoms with van der Waals surface area (Å²) in [7, 11) is 0. The van der Waals surface area contributed by atoms with Gasteiger partial charge in [-0.2, -0.15) is 13.2 Å². The molecule has 3 rings (SSSR count). The van der Waals surface area contributed by atoms with E-state index >= 15 is 0 Å². The molecule has 1 aromatic carbocycles. The first-order valence-electron chi connectivity index (χ1n) is 6.72. The Morgan fingerprint density at radius 2 is 2.05 bits per heavy atom. The van der Waals surface area contributed by atoms with Crippen LogP contribution in [0.25, 0.3) is 11.4 Å². The van der Waals surface area contributed by atoms with Gasteiger partial charge in [-0.25, -0.2) is 0 Å². The molecule has 1 unspecified atom stereocenters. The van der Waals surface area contributed by atoms with Gasteiger partial charge in [-0.3, -0.25) is 0 Å². The molecule has 0 fully saturated rings. The Morgan fingerprint density at radius 3 is 2.76 bits per heavy atom. The first-order valence-corrected chi connectivity index (χ1v) is 6.72. The summed E-state index contributed by atoms with van der Waals surface area (Å²) in [4.78, 5) is 0. The summed E-state index contributed by atoms with van der Waals surface area (Å²) in [6.07, 6.45) is -3.83. The average molecular weight is 296 g/mol. The van der Waals surface area contributed by atoms with E-state index in [0.717, 1.165) is 11.1 Å². The molecule has 2 N–H and O–H groups in total. The number of halogens is 3. The summed E-state index contributed by atoms with van der Waals surface area (Å²) in [6.45, 7) is 1.70. The number of nitrogens with zero attached hydrogens (tertiary/aromatic N) is 3. The molecule has 2 heterocycles. The van der Waals surface area contributed by atoms with Crippen LogP contribution in [0.3, 0.4) is 0 Å². The molecule has 0 amide bonds. The minimum atomic E-state index is -4.19. The van der Waals surface area contributed by atoms with E-state index in [4.69, 9.17) is 5.73 Å². The zero-order valence-corrected chi connectivity index (χ0v) is 11.5. The summed E-state index contributed by atoms with van der Waals surface area (Å²) in [5.74, 6) is -0.280. The van der Waals surface area contributed by atoms with Gasteiger partial charge in [-0.1, -0.05) is 12.1 Å². The monoisotopic (exact) mass is 296 g/mol. The molecule has 4 nitrogen and oxygen atoms in total. The van der Waals surface area contributed by atoms with Crippen LogP contribution in [0.5, 0.6) is 0 Å². The predicted octanol–water partition coefficient (Wildman–Crippen LogP) is 2.96. The SMILES string of the molecule is Cc1c(N)cccc1-c1nnc2n1CC(C(F)(F)F)CC2. The number of alkyl halides is 3. The van der Waals surface area contributed by atoms with Gasteiger partial charge in [-0.05, 0) is 25.0 Å². The van der Waals surface area contributed by atoms with Crippen molar-refractivity contribution in [3.63, 3.8) is 0 Å². The number of hydrogen-bond donors (Lipinski definition) is 1. The van der Waals surface area contributed by atoms with Crippen LogP contribution in [0.4, 0.5) is 18.9 Å². The maximum Gasteiger partial charge on any atom is 0.393 e. The lowest BCUT2D eigenvalue weighted by atomic mass is 9.98. The Hall–Kier alpha value is -2.05. The van der Waals surface area contributed by atoms with E-state index in [1.807, 2.05) is 6.92 Å². The van der Waals surface area contributed by atoms with Gasteiger partial charge in [0.2, 0.25) is 0 Å². The van der Waals surface area contributed by atoms with Gasteiger partial charge in [-0.15, -0.1) is 10.2 Å². The van der Waals surface area contributed by atoms with Crippen LogP contribution in [-0.4, -0.2) is 20.9 Å². The Bertz CT molecular complexity index is 675. The number of hydrogen-bond acceptors (Lipinski definition) is 3. The van der Waals surface area contributed by atoms with Crippen molar-refractivity contribution in [3.05, 3.63) is 29.6 Å². The van der Waals surface area contributed by atoms with E-state index in [1.54, 1.807) is 22.8 Å². The maximum atomic E-state index is 12.9. The van der Waals surface area contributed by atoms with Crippen molar-refractivity contribution in [1.29, 1.82) is 0 Å². The number of benzene rings is 1. The van der Waals surface area contributed by atoms with Crippen LogP contribution in [0.1, 0.15) is 17.8 Å². The molecule has 0 radical (unpaired) electrons. The molecule has 1 aliphatic heterocycles. The summed E-state index contributed by atoms with van der Waals surface area (Å²) >= 11 is 0. The lowest BCUT2D eigenvalue weighted by Crippen LogP contribution is -2.32. The number of aryl methyl sites for hydroxylation is 1. The fourth-order valence-corrected chi connectivity index (χ4v) is 2.69. The second-order valence-electron chi connectivity index (χ2n) is 5.35. The molecular formula is C14H15F3N4. The van der Waals surface area contributed by atoms with E-state index in [-0.39, 0.29) is 13.0 Å². The Balaban J connectivity index is 2.04. The van der Waals surface area contributed by atoms with Crippen LogP contribution in [-0.2, 0) is 13.0 Å². The molecule has 21 heavy (non-hydrogen) atoms. The third-order valence-electron chi connectivity index (χ3n) is 4.03. The molecular weight excluding hydrogens is 281 g/mol. The van der Waals surface area contributed by atoms with Gasteiger partial charge in [0.15, 0.2) is 5.82 Å². The van der Waals surface area contributed by atoms with Gasteiger partial charge in [0.1, 0.15) is 5.82 Å². The molecule has 1 atom stereocenters. The number of nitrogens with two attached hydrogens (primary N) is 1. The highest BCUT2D eigenvalue weighted by atomic mass is 19.4. The number of aromatic nitrogens is 3.